The second kappa shape index (κ2) is 6.91. The molecule has 2 aromatic heterocycles. The van der Waals surface area contributed by atoms with Crippen molar-refractivity contribution in [3.05, 3.63) is 70.4 Å². The second-order valence-electron chi connectivity index (χ2n) is 5.37. The molecule has 3 rings (SSSR count). The maximum atomic E-state index is 12.3. The van der Waals surface area contributed by atoms with E-state index in [9.17, 15) is 9.90 Å². The van der Waals surface area contributed by atoms with Crippen molar-refractivity contribution >= 4 is 0 Å². The van der Waals surface area contributed by atoms with E-state index in [-0.39, 0.29) is 11.3 Å². The largest absolute Gasteiger partial charge is 0.503 e. The Morgan fingerprint density at radius 1 is 1.09 bits per heavy atom. The Morgan fingerprint density at radius 2 is 1.87 bits per heavy atom. The summed E-state index contributed by atoms with van der Waals surface area (Å²) in [6, 6.07) is 11.1. The van der Waals surface area contributed by atoms with Crippen molar-refractivity contribution in [2.24, 2.45) is 0 Å². The molecule has 0 fully saturated rings. The Morgan fingerprint density at radius 3 is 2.61 bits per heavy atom. The van der Waals surface area contributed by atoms with Gasteiger partial charge in [0.1, 0.15) is 0 Å². The van der Waals surface area contributed by atoms with Crippen LogP contribution in [0.5, 0.6) is 5.75 Å². The smallest absolute Gasteiger partial charge is 0.297 e. The number of unbranched alkanes of at least 4 members (excludes halogenated alkanes) is 1. The van der Waals surface area contributed by atoms with Gasteiger partial charge in [-0.05, 0) is 43.9 Å². The van der Waals surface area contributed by atoms with Crippen LogP contribution in [0, 0.1) is 0 Å². The first-order valence-electron chi connectivity index (χ1n) is 7.59. The minimum atomic E-state index is -0.384. The molecule has 23 heavy (non-hydrogen) atoms. The molecular formula is C17H18N4O2. The van der Waals surface area contributed by atoms with Crippen LogP contribution < -0.4 is 5.56 Å². The Kier molecular flexibility index (Phi) is 4.52. The highest BCUT2D eigenvalue weighted by atomic mass is 16.3. The molecule has 0 unspecified atom stereocenters. The first-order valence-corrected chi connectivity index (χ1v) is 7.59. The van der Waals surface area contributed by atoms with Crippen LogP contribution in [0.2, 0.25) is 0 Å². The highest BCUT2D eigenvalue weighted by Crippen LogP contribution is 2.16. The summed E-state index contributed by atoms with van der Waals surface area (Å²) < 4.78 is 1.45. The van der Waals surface area contributed by atoms with Crippen molar-refractivity contribution in [3.8, 4) is 11.4 Å². The number of aromatic amines is 1. The lowest BCUT2D eigenvalue weighted by Gasteiger charge is -2.09. The average molecular weight is 310 g/mol. The maximum absolute atomic E-state index is 12.3. The number of hydrogen-bond acceptors (Lipinski definition) is 4. The van der Waals surface area contributed by atoms with Gasteiger partial charge >= 0.3 is 0 Å². The van der Waals surface area contributed by atoms with Gasteiger partial charge in [0, 0.05) is 17.4 Å². The minimum Gasteiger partial charge on any atom is -0.503 e. The Hall–Kier alpha value is -2.89. The Labute approximate surface area is 133 Å². The summed E-state index contributed by atoms with van der Waals surface area (Å²) in [5.74, 6) is -0.169. The molecule has 0 aliphatic heterocycles. The van der Waals surface area contributed by atoms with Gasteiger partial charge in [0.05, 0.1) is 11.9 Å². The SMILES string of the molecule is O=c1c(O)c(CCCCc2cn[nH]n2)ccn1-c1ccccc1. The van der Waals surface area contributed by atoms with Gasteiger partial charge in [0.15, 0.2) is 5.75 Å². The van der Waals surface area contributed by atoms with Gasteiger partial charge in [-0.25, -0.2) is 0 Å². The second-order valence-corrected chi connectivity index (χ2v) is 5.37. The summed E-state index contributed by atoms with van der Waals surface area (Å²) in [6.45, 7) is 0. The van der Waals surface area contributed by atoms with Crippen molar-refractivity contribution in [2.45, 2.75) is 25.7 Å². The lowest BCUT2D eigenvalue weighted by molar-refractivity contribution is 0.454. The maximum Gasteiger partial charge on any atom is 0.297 e. The van der Waals surface area contributed by atoms with Crippen LogP contribution in [-0.4, -0.2) is 25.1 Å². The van der Waals surface area contributed by atoms with E-state index in [0.29, 0.717) is 12.0 Å². The zero-order chi connectivity index (χ0) is 16.1. The molecule has 2 N–H and O–H groups in total. The molecule has 0 radical (unpaired) electrons. The fourth-order valence-electron chi connectivity index (χ4n) is 2.52. The van der Waals surface area contributed by atoms with E-state index in [4.69, 9.17) is 0 Å². The number of aromatic nitrogens is 4. The van der Waals surface area contributed by atoms with Crippen molar-refractivity contribution in [3.63, 3.8) is 0 Å². The zero-order valence-corrected chi connectivity index (χ0v) is 12.6. The van der Waals surface area contributed by atoms with Gasteiger partial charge in [0.25, 0.3) is 5.56 Å². The third-order valence-electron chi connectivity index (χ3n) is 3.78. The van der Waals surface area contributed by atoms with Gasteiger partial charge < -0.3 is 5.11 Å². The quantitative estimate of drug-likeness (QED) is 0.684. The number of pyridine rings is 1. The standard InChI is InChI=1S/C17H18N4O2/c22-16-13(6-4-5-7-14-12-18-20-19-14)10-11-21(17(16)23)15-8-2-1-3-9-15/h1-3,8-12,22H,4-7H2,(H,18,19,20). The van der Waals surface area contributed by atoms with E-state index in [1.54, 1.807) is 18.5 Å². The number of benzene rings is 1. The van der Waals surface area contributed by atoms with E-state index in [1.807, 2.05) is 30.3 Å². The molecule has 6 heteroatoms. The number of hydrogen-bond donors (Lipinski definition) is 2. The van der Waals surface area contributed by atoms with E-state index in [2.05, 4.69) is 15.4 Å². The first-order chi connectivity index (χ1) is 11.3. The average Bonchev–Trinajstić information content (AvgIpc) is 3.09. The molecule has 0 amide bonds. The normalized spacial score (nSPS) is 10.8. The Bertz CT molecular complexity index is 810. The van der Waals surface area contributed by atoms with Gasteiger partial charge in [-0.2, -0.15) is 15.4 Å². The summed E-state index contributed by atoms with van der Waals surface area (Å²) in [5, 5.41) is 20.5. The topological polar surface area (TPSA) is 83.8 Å². The highest BCUT2D eigenvalue weighted by molar-refractivity contribution is 5.37. The number of rotatable bonds is 6. The van der Waals surface area contributed by atoms with Gasteiger partial charge in [0.2, 0.25) is 0 Å². The summed E-state index contributed by atoms with van der Waals surface area (Å²) in [7, 11) is 0. The molecule has 6 nitrogen and oxygen atoms in total. The third kappa shape index (κ3) is 3.48. The van der Waals surface area contributed by atoms with E-state index >= 15 is 0 Å². The van der Waals surface area contributed by atoms with Crippen molar-refractivity contribution in [1.29, 1.82) is 0 Å². The molecule has 1 aromatic carbocycles. The molecule has 0 saturated carbocycles. The fraction of sp³-hybridized carbons (Fsp3) is 0.235. The monoisotopic (exact) mass is 310 g/mol. The molecule has 0 aliphatic carbocycles. The first kappa shape index (κ1) is 15.0. The summed E-state index contributed by atoms with van der Waals surface area (Å²) in [4.78, 5) is 12.3. The van der Waals surface area contributed by atoms with Crippen molar-refractivity contribution < 1.29 is 5.11 Å². The number of nitrogens with zero attached hydrogens (tertiary/aromatic N) is 3. The zero-order valence-electron chi connectivity index (χ0n) is 12.6. The summed E-state index contributed by atoms with van der Waals surface area (Å²) >= 11 is 0. The number of aromatic hydroxyl groups is 1. The number of H-pyrrole nitrogens is 1. The van der Waals surface area contributed by atoms with Gasteiger partial charge in [-0.3, -0.25) is 9.36 Å². The Balaban J connectivity index is 1.67. The van der Waals surface area contributed by atoms with Crippen LogP contribution >= 0.6 is 0 Å². The summed E-state index contributed by atoms with van der Waals surface area (Å²) in [6.07, 6.45) is 6.71. The van der Waals surface area contributed by atoms with Crippen LogP contribution in [0.15, 0.2) is 53.6 Å². The molecule has 3 aromatic rings. The van der Waals surface area contributed by atoms with Crippen LogP contribution in [0.3, 0.4) is 0 Å². The van der Waals surface area contributed by atoms with E-state index in [0.717, 1.165) is 30.6 Å². The lowest BCUT2D eigenvalue weighted by atomic mass is 10.1. The van der Waals surface area contributed by atoms with Crippen LogP contribution in [0.4, 0.5) is 0 Å². The van der Waals surface area contributed by atoms with Gasteiger partial charge in [-0.1, -0.05) is 18.2 Å². The van der Waals surface area contributed by atoms with E-state index in [1.165, 1.54) is 4.57 Å². The van der Waals surface area contributed by atoms with Crippen LogP contribution in [0.25, 0.3) is 5.69 Å². The van der Waals surface area contributed by atoms with Crippen molar-refractivity contribution in [2.75, 3.05) is 0 Å². The fourth-order valence-corrected chi connectivity index (χ4v) is 2.52. The van der Waals surface area contributed by atoms with Gasteiger partial charge in [-0.15, -0.1) is 0 Å². The predicted molar refractivity (Wildman–Crippen MR) is 86.7 cm³/mol. The molecule has 0 spiro atoms. The molecular weight excluding hydrogens is 292 g/mol. The molecule has 0 atom stereocenters. The number of nitrogens with one attached hydrogen (secondary N) is 1. The van der Waals surface area contributed by atoms with Crippen LogP contribution in [0.1, 0.15) is 24.1 Å². The summed E-state index contributed by atoms with van der Waals surface area (Å²) in [5.41, 5.74) is 1.96. The third-order valence-corrected chi connectivity index (χ3v) is 3.78. The molecule has 2 heterocycles. The number of aryl methyl sites for hydroxylation is 2. The predicted octanol–water partition coefficient (Wildman–Crippen LogP) is 2.23. The van der Waals surface area contributed by atoms with E-state index < -0.39 is 0 Å². The molecule has 0 saturated heterocycles. The molecule has 0 aliphatic rings. The lowest BCUT2D eigenvalue weighted by Crippen LogP contribution is -2.18. The van der Waals surface area contributed by atoms with Crippen LogP contribution in [-0.2, 0) is 12.8 Å². The highest BCUT2D eigenvalue weighted by Gasteiger charge is 2.09. The minimum absolute atomic E-state index is 0.169. The molecule has 118 valence electrons. The van der Waals surface area contributed by atoms with Crippen molar-refractivity contribution in [1.82, 2.24) is 20.0 Å². The number of para-hydroxylation sites is 1. The molecule has 0 bridgehead atoms.